The molecule has 2 saturated heterocycles. The van der Waals surface area contributed by atoms with Gasteiger partial charge in [0.05, 0.1) is 6.10 Å². The van der Waals surface area contributed by atoms with Crippen LogP contribution in [0.25, 0.3) is 0 Å². The highest BCUT2D eigenvalue weighted by Crippen LogP contribution is 2.26. The first-order chi connectivity index (χ1) is 9.18. The molecule has 0 aliphatic carbocycles. The third kappa shape index (κ3) is 4.18. The number of rotatable bonds is 4. The number of piperidine rings is 1. The number of carbonyl (C=O) groups is 1. The summed E-state index contributed by atoms with van der Waals surface area (Å²) in [5.41, 5.74) is 0. The smallest absolute Gasteiger partial charge is 0.223 e. The second-order valence-electron chi connectivity index (χ2n) is 6.25. The van der Waals surface area contributed by atoms with Crippen LogP contribution in [0.2, 0.25) is 0 Å². The molecule has 0 spiro atoms. The van der Waals surface area contributed by atoms with Gasteiger partial charge in [-0.05, 0) is 44.7 Å². The zero-order chi connectivity index (χ0) is 13.7. The quantitative estimate of drug-likeness (QED) is 0.813. The van der Waals surface area contributed by atoms with Crippen molar-refractivity contribution in [2.75, 3.05) is 26.2 Å². The van der Waals surface area contributed by atoms with E-state index in [0.717, 1.165) is 45.5 Å². The molecule has 2 atom stereocenters. The van der Waals surface area contributed by atoms with Gasteiger partial charge in [-0.1, -0.05) is 13.8 Å². The Kier molecular flexibility index (Phi) is 5.64. The lowest BCUT2D eigenvalue weighted by Gasteiger charge is -2.35. The van der Waals surface area contributed by atoms with E-state index in [-0.39, 0.29) is 11.8 Å². The minimum absolute atomic E-state index is 0.211. The van der Waals surface area contributed by atoms with Crippen LogP contribution < -0.4 is 10.6 Å². The summed E-state index contributed by atoms with van der Waals surface area (Å²) < 4.78 is 5.87. The molecule has 2 rings (SSSR count). The van der Waals surface area contributed by atoms with Gasteiger partial charge in [0.2, 0.25) is 5.91 Å². The number of hydrogen-bond donors (Lipinski definition) is 2. The normalized spacial score (nSPS) is 29.4. The number of hydrogen-bond acceptors (Lipinski definition) is 3. The predicted octanol–water partition coefficient (Wildman–Crippen LogP) is 1.55. The maximum absolute atomic E-state index is 12.1. The van der Waals surface area contributed by atoms with E-state index < -0.39 is 0 Å². The fourth-order valence-electron chi connectivity index (χ4n) is 3.28. The monoisotopic (exact) mass is 268 g/mol. The Morgan fingerprint density at radius 3 is 2.74 bits per heavy atom. The predicted molar refractivity (Wildman–Crippen MR) is 75.9 cm³/mol. The number of amides is 1. The standard InChI is InChI=1S/C15H28N2O2/c1-11(2)14-13(4-3-9-19-14)10-17-15(18)12-5-7-16-8-6-12/h11-14,16H,3-10H2,1-2H3,(H,17,18). The van der Waals surface area contributed by atoms with Crippen LogP contribution in [-0.2, 0) is 9.53 Å². The van der Waals surface area contributed by atoms with Crippen molar-refractivity contribution in [1.29, 1.82) is 0 Å². The van der Waals surface area contributed by atoms with Crippen LogP contribution in [-0.4, -0.2) is 38.3 Å². The van der Waals surface area contributed by atoms with Crippen molar-refractivity contribution >= 4 is 5.91 Å². The molecule has 0 saturated carbocycles. The summed E-state index contributed by atoms with van der Waals surface area (Å²) in [5, 5.41) is 6.46. The van der Waals surface area contributed by atoms with E-state index in [1.807, 2.05) is 0 Å². The molecule has 4 heteroatoms. The van der Waals surface area contributed by atoms with E-state index in [2.05, 4.69) is 24.5 Å². The Hall–Kier alpha value is -0.610. The molecule has 2 unspecified atom stereocenters. The first kappa shape index (κ1) is 14.8. The lowest BCUT2D eigenvalue weighted by atomic mass is 9.87. The molecule has 4 nitrogen and oxygen atoms in total. The number of carbonyl (C=O) groups excluding carboxylic acids is 1. The van der Waals surface area contributed by atoms with Gasteiger partial charge < -0.3 is 15.4 Å². The molecule has 0 bridgehead atoms. The first-order valence-electron chi connectivity index (χ1n) is 7.78. The summed E-state index contributed by atoms with van der Waals surface area (Å²) in [7, 11) is 0. The molecule has 2 N–H and O–H groups in total. The first-order valence-corrected chi connectivity index (χ1v) is 7.78. The summed E-state index contributed by atoms with van der Waals surface area (Å²) in [4.78, 5) is 12.1. The maximum Gasteiger partial charge on any atom is 0.223 e. The Balaban J connectivity index is 1.77. The molecule has 19 heavy (non-hydrogen) atoms. The Bertz CT molecular complexity index is 288. The third-order valence-corrected chi connectivity index (χ3v) is 4.40. The van der Waals surface area contributed by atoms with Crippen LogP contribution in [0.15, 0.2) is 0 Å². The van der Waals surface area contributed by atoms with E-state index in [4.69, 9.17) is 4.74 Å². The van der Waals surface area contributed by atoms with Gasteiger partial charge in [-0.3, -0.25) is 4.79 Å². The van der Waals surface area contributed by atoms with E-state index in [1.54, 1.807) is 0 Å². The Morgan fingerprint density at radius 1 is 1.32 bits per heavy atom. The van der Waals surface area contributed by atoms with Gasteiger partial charge in [0.15, 0.2) is 0 Å². The Labute approximate surface area is 116 Å². The van der Waals surface area contributed by atoms with Gasteiger partial charge in [0.1, 0.15) is 0 Å². The third-order valence-electron chi connectivity index (χ3n) is 4.40. The molecule has 2 fully saturated rings. The second kappa shape index (κ2) is 7.25. The Morgan fingerprint density at radius 2 is 2.05 bits per heavy atom. The molecular weight excluding hydrogens is 240 g/mol. The van der Waals surface area contributed by atoms with Crippen LogP contribution in [0.5, 0.6) is 0 Å². The lowest BCUT2D eigenvalue weighted by Crippen LogP contribution is -2.44. The topological polar surface area (TPSA) is 50.4 Å². The molecule has 110 valence electrons. The van der Waals surface area contributed by atoms with Crippen LogP contribution in [0.3, 0.4) is 0 Å². The summed E-state index contributed by atoms with van der Waals surface area (Å²) in [6.07, 6.45) is 4.55. The van der Waals surface area contributed by atoms with E-state index >= 15 is 0 Å². The van der Waals surface area contributed by atoms with Gasteiger partial charge in [0.25, 0.3) is 0 Å². The lowest BCUT2D eigenvalue weighted by molar-refractivity contribution is -0.126. The molecule has 2 aliphatic heterocycles. The van der Waals surface area contributed by atoms with Crippen molar-refractivity contribution in [3.63, 3.8) is 0 Å². The molecule has 2 heterocycles. The molecule has 0 aromatic carbocycles. The van der Waals surface area contributed by atoms with Crippen LogP contribution in [0.1, 0.15) is 39.5 Å². The maximum atomic E-state index is 12.1. The molecular formula is C15H28N2O2. The van der Waals surface area contributed by atoms with Gasteiger partial charge in [-0.25, -0.2) is 0 Å². The summed E-state index contributed by atoms with van der Waals surface area (Å²) in [5.74, 6) is 1.47. The van der Waals surface area contributed by atoms with E-state index in [9.17, 15) is 4.79 Å². The summed E-state index contributed by atoms with van der Waals surface area (Å²) in [6.45, 7) is 8.01. The van der Waals surface area contributed by atoms with Crippen LogP contribution in [0.4, 0.5) is 0 Å². The average Bonchev–Trinajstić information content (AvgIpc) is 2.46. The number of nitrogens with one attached hydrogen (secondary N) is 2. The minimum Gasteiger partial charge on any atom is -0.378 e. The van der Waals surface area contributed by atoms with Gasteiger partial charge >= 0.3 is 0 Å². The van der Waals surface area contributed by atoms with Crippen molar-refractivity contribution in [3.8, 4) is 0 Å². The van der Waals surface area contributed by atoms with Gasteiger partial charge in [-0.15, -0.1) is 0 Å². The molecule has 0 aromatic rings. The van der Waals surface area contributed by atoms with E-state index in [1.165, 1.54) is 6.42 Å². The van der Waals surface area contributed by atoms with Crippen molar-refractivity contribution in [2.24, 2.45) is 17.8 Å². The SMILES string of the molecule is CC(C)C1OCCCC1CNC(=O)C1CCNCC1. The molecule has 0 aromatic heterocycles. The fraction of sp³-hybridized carbons (Fsp3) is 0.933. The summed E-state index contributed by atoms with van der Waals surface area (Å²) in [6, 6.07) is 0. The largest absolute Gasteiger partial charge is 0.378 e. The zero-order valence-corrected chi connectivity index (χ0v) is 12.3. The summed E-state index contributed by atoms with van der Waals surface area (Å²) >= 11 is 0. The van der Waals surface area contributed by atoms with Gasteiger partial charge in [-0.2, -0.15) is 0 Å². The van der Waals surface area contributed by atoms with Gasteiger partial charge in [0, 0.05) is 25.0 Å². The van der Waals surface area contributed by atoms with Crippen molar-refractivity contribution in [1.82, 2.24) is 10.6 Å². The highest BCUT2D eigenvalue weighted by molar-refractivity contribution is 5.78. The van der Waals surface area contributed by atoms with Crippen molar-refractivity contribution < 1.29 is 9.53 Å². The van der Waals surface area contributed by atoms with Crippen LogP contribution in [0, 0.1) is 17.8 Å². The van der Waals surface area contributed by atoms with E-state index in [0.29, 0.717) is 17.9 Å². The van der Waals surface area contributed by atoms with Crippen LogP contribution >= 0.6 is 0 Å². The molecule has 1 amide bonds. The number of ether oxygens (including phenoxy) is 1. The molecule has 0 radical (unpaired) electrons. The second-order valence-corrected chi connectivity index (χ2v) is 6.25. The zero-order valence-electron chi connectivity index (χ0n) is 12.3. The fourth-order valence-corrected chi connectivity index (χ4v) is 3.28. The highest BCUT2D eigenvalue weighted by atomic mass is 16.5. The molecule has 2 aliphatic rings. The minimum atomic E-state index is 0.211. The van der Waals surface area contributed by atoms with Crippen molar-refractivity contribution in [3.05, 3.63) is 0 Å². The highest BCUT2D eigenvalue weighted by Gasteiger charge is 2.29. The average molecular weight is 268 g/mol. The van der Waals surface area contributed by atoms with Crippen molar-refractivity contribution in [2.45, 2.75) is 45.6 Å².